The summed E-state index contributed by atoms with van der Waals surface area (Å²) < 4.78 is 0. The molecule has 0 saturated carbocycles. The van der Waals surface area contributed by atoms with Gasteiger partial charge in [-0.2, -0.15) is 0 Å². The highest BCUT2D eigenvalue weighted by Gasteiger charge is 2.07. The lowest BCUT2D eigenvalue weighted by Crippen LogP contribution is -2.15. The van der Waals surface area contributed by atoms with Crippen molar-refractivity contribution in [3.05, 3.63) is 51.9 Å². The van der Waals surface area contributed by atoms with Gasteiger partial charge in [0.15, 0.2) is 0 Å². The van der Waals surface area contributed by atoms with Crippen molar-refractivity contribution in [2.75, 3.05) is 0 Å². The van der Waals surface area contributed by atoms with Crippen molar-refractivity contribution >= 4 is 0 Å². The molecule has 0 aliphatic heterocycles. The molecule has 17 heavy (non-hydrogen) atoms. The third kappa shape index (κ3) is 2.60. The molecule has 0 aliphatic rings. The van der Waals surface area contributed by atoms with Crippen LogP contribution < -0.4 is 11.3 Å². The van der Waals surface area contributed by atoms with Gasteiger partial charge in [0.25, 0.3) is 5.56 Å². The van der Waals surface area contributed by atoms with E-state index < -0.39 is 0 Å². The van der Waals surface area contributed by atoms with Crippen molar-refractivity contribution < 1.29 is 0 Å². The summed E-state index contributed by atoms with van der Waals surface area (Å²) in [5, 5.41) is 0. The van der Waals surface area contributed by atoms with Gasteiger partial charge in [0, 0.05) is 17.7 Å². The second kappa shape index (κ2) is 4.51. The number of rotatable bonds is 2. The number of aromatic amines is 1. The minimum Gasteiger partial charge on any atom is -0.323 e. The Morgan fingerprint density at radius 1 is 1.35 bits per heavy atom. The van der Waals surface area contributed by atoms with E-state index in [0.717, 1.165) is 11.1 Å². The highest BCUT2D eigenvalue weighted by molar-refractivity contribution is 5.55. The normalized spacial score (nSPS) is 12.4. The van der Waals surface area contributed by atoms with Gasteiger partial charge in [-0.3, -0.25) is 4.79 Å². The topological polar surface area (TPSA) is 71.8 Å². The molecule has 1 atom stereocenters. The molecule has 1 unspecified atom stereocenters. The Labute approximate surface area is 99.5 Å². The molecule has 2 aromatic rings. The van der Waals surface area contributed by atoms with Crippen LogP contribution in [0.3, 0.4) is 0 Å². The standard InChI is InChI=1S/C13H15N3O/c1-8-4-3-5-10(6-8)13-15-11(9(2)14)7-12(17)16-13/h3-7,9H,14H2,1-2H3,(H,15,16,17). The molecule has 4 nitrogen and oxygen atoms in total. The monoisotopic (exact) mass is 229 g/mol. The van der Waals surface area contributed by atoms with Crippen molar-refractivity contribution in [3.8, 4) is 11.4 Å². The Balaban J connectivity index is 2.56. The number of nitrogens with two attached hydrogens (primary N) is 1. The highest BCUT2D eigenvalue weighted by atomic mass is 16.1. The molecule has 1 heterocycles. The molecule has 4 heteroatoms. The number of nitrogens with zero attached hydrogens (tertiary/aromatic N) is 1. The summed E-state index contributed by atoms with van der Waals surface area (Å²) in [6.45, 7) is 3.80. The van der Waals surface area contributed by atoms with E-state index in [2.05, 4.69) is 9.97 Å². The van der Waals surface area contributed by atoms with Crippen molar-refractivity contribution in [3.63, 3.8) is 0 Å². The zero-order chi connectivity index (χ0) is 12.4. The van der Waals surface area contributed by atoms with Crippen molar-refractivity contribution in [2.45, 2.75) is 19.9 Å². The van der Waals surface area contributed by atoms with E-state index in [1.165, 1.54) is 6.07 Å². The van der Waals surface area contributed by atoms with E-state index in [1.807, 2.05) is 38.1 Å². The first-order valence-corrected chi connectivity index (χ1v) is 5.50. The van der Waals surface area contributed by atoms with E-state index in [4.69, 9.17) is 5.73 Å². The largest absolute Gasteiger partial charge is 0.323 e. The lowest BCUT2D eigenvalue weighted by atomic mass is 10.1. The number of benzene rings is 1. The summed E-state index contributed by atoms with van der Waals surface area (Å²) in [6, 6.07) is 9.00. The second-order valence-corrected chi connectivity index (χ2v) is 4.18. The Bertz CT molecular complexity index is 587. The quantitative estimate of drug-likeness (QED) is 0.824. The van der Waals surface area contributed by atoms with Crippen LogP contribution >= 0.6 is 0 Å². The first kappa shape index (κ1) is 11.5. The molecule has 0 spiro atoms. The molecule has 0 radical (unpaired) electrons. The summed E-state index contributed by atoms with van der Waals surface area (Å²) in [5.74, 6) is 0.563. The van der Waals surface area contributed by atoms with Gasteiger partial charge in [-0.25, -0.2) is 4.98 Å². The van der Waals surface area contributed by atoms with E-state index in [0.29, 0.717) is 11.5 Å². The molecule has 1 aromatic carbocycles. The molecule has 0 amide bonds. The molecular formula is C13H15N3O. The number of hydrogen-bond donors (Lipinski definition) is 2. The van der Waals surface area contributed by atoms with Crippen LogP contribution in [0.2, 0.25) is 0 Å². The predicted molar refractivity (Wildman–Crippen MR) is 67.6 cm³/mol. The molecule has 88 valence electrons. The summed E-state index contributed by atoms with van der Waals surface area (Å²) in [5.41, 5.74) is 8.18. The first-order valence-electron chi connectivity index (χ1n) is 5.50. The van der Waals surface area contributed by atoms with Gasteiger partial charge in [0.05, 0.1) is 5.69 Å². The molecule has 0 bridgehead atoms. The Hall–Kier alpha value is -1.94. The maximum atomic E-state index is 11.5. The van der Waals surface area contributed by atoms with Crippen LogP contribution in [-0.4, -0.2) is 9.97 Å². The Morgan fingerprint density at radius 3 is 2.76 bits per heavy atom. The van der Waals surface area contributed by atoms with Gasteiger partial charge < -0.3 is 10.7 Å². The number of aryl methyl sites for hydroxylation is 1. The molecule has 3 N–H and O–H groups in total. The van der Waals surface area contributed by atoms with Crippen LogP contribution in [0, 0.1) is 6.92 Å². The van der Waals surface area contributed by atoms with Crippen molar-refractivity contribution in [1.82, 2.24) is 9.97 Å². The Kier molecular flexibility index (Phi) is 3.06. The van der Waals surface area contributed by atoms with E-state index in [1.54, 1.807) is 0 Å². The van der Waals surface area contributed by atoms with Gasteiger partial charge in [-0.1, -0.05) is 23.8 Å². The van der Waals surface area contributed by atoms with Crippen LogP contribution in [0.25, 0.3) is 11.4 Å². The van der Waals surface area contributed by atoms with Gasteiger partial charge in [0.1, 0.15) is 5.82 Å². The third-order valence-corrected chi connectivity index (χ3v) is 2.52. The average molecular weight is 229 g/mol. The third-order valence-electron chi connectivity index (χ3n) is 2.52. The van der Waals surface area contributed by atoms with Crippen LogP contribution in [0.15, 0.2) is 35.1 Å². The predicted octanol–water partition coefficient (Wildman–Crippen LogP) is 1.77. The summed E-state index contributed by atoms with van der Waals surface area (Å²) in [6.07, 6.45) is 0. The zero-order valence-electron chi connectivity index (χ0n) is 9.90. The molecule has 1 aromatic heterocycles. The molecule has 0 aliphatic carbocycles. The minimum atomic E-state index is -0.249. The van der Waals surface area contributed by atoms with Gasteiger partial charge in [-0.05, 0) is 19.9 Å². The summed E-state index contributed by atoms with van der Waals surface area (Å²) >= 11 is 0. The SMILES string of the molecule is Cc1cccc(-c2nc(C(C)N)cc(=O)[nH]2)c1. The van der Waals surface area contributed by atoms with Crippen LogP contribution in [-0.2, 0) is 0 Å². The minimum absolute atomic E-state index is 0.177. The van der Waals surface area contributed by atoms with Crippen LogP contribution in [0.5, 0.6) is 0 Å². The fraction of sp³-hybridized carbons (Fsp3) is 0.231. The summed E-state index contributed by atoms with van der Waals surface area (Å²) in [4.78, 5) is 18.6. The highest BCUT2D eigenvalue weighted by Crippen LogP contribution is 2.16. The van der Waals surface area contributed by atoms with Gasteiger partial charge in [0.2, 0.25) is 0 Å². The van der Waals surface area contributed by atoms with Crippen LogP contribution in [0.4, 0.5) is 0 Å². The number of nitrogens with one attached hydrogen (secondary N) is 1. The molecule has 2 rings (SSSR count). The number of aromatic nitrogens is 2. The lowest BCUT2D eigenvalue weighted by Gasteiger charge is -2.07. The smallest absolute Gasteiger partial charge is 0.251 e. The molecular weight excluding hydrogens is 214 g/mol. The molecule has 0 fully saturated rings. The summed E-state index contributed by atoms with van der Waals surface area (Å²) in [7, 11) is 0. The van der Waals surface area contributed by atoms with Crippen molar-refractivity contribution in [1.29, 1.82) is 0 Å². The van der Waals surface area contributed by atoms with Crippen LogP contribution in [0.1, 0.15) is 24.2 Å². The zero-order valence-corrected chi connectivity index (χ0v) is 9.90. The number of hydrogen-bond acceptors (Lipinski definition) is 3. The average Bonchev–Trinajstić information content (AvgIpc) is 2.28. The molecule has 0 saturated heterocycles. The maximum absolute atomic E-state index is 11.5. The fourth-order valence-electron chi connectivity index (χ4n) is 1.64. The van der Waals surface area contributed by atoms with Gasteiger partial charge >= 0.3 is 0 Å². The number of H-pyrrole nitrogens is 1. The van der Waals surface area contributed by atoms with E-state index >= 15 is 0 Å². The van der Waals surface area contributed by atoms with E-state index in [9.17, 15) is 4.79 Å². The fourth-order valence-corrected chi connectivity index (χ4v) is 1.64. The lowest BCUT2D eigenvalue weighted by molar-refractivity contribution is 0.773. The van der Waals surface area contributed by atoms with Gasteiger partial charge in [-0.15, -0.1) is 0 Å². The van der Waals surface area contributed by atoms with E-state index in [-0.39, 0.29) is 11.6 Å². The Morgan fingerprint density at radius 2 is 2.12 bits per heavy atom. The second-order valence-electron chi connectivity index (χ2n) is 4.18. The first-order chi connectivity index (χ1) is 8.06. The maximum Gasteiger partial charge on any atom is 0.251 e. The van der Waals surface area contributed by atoms with Crippen molar-refractivity contribution in [2.24, 2.45) is 5.73 Å².